The normalized spacial score (nSPS) is 14.6. The first kappa shape index (κ1) is 19.9. The lowest BCUT2D eigenvalue weighted by Gasteiger charge is -2.35. The van der Waals surface area contributed by atoms with Gasteiger partial charge in [0, 0.05) is 43.1 Å². The Morgan fingerprint density at radius 1 is 1.11 bits per heavy atom. The van der Waals surface area contributed by atoms with Gasteiger partial charge in [0.15, 0.2) is 6.61 Å². The molecule has 1 fully saturated rings. The first-order valence-electron chi connectivity index (χ1n) is 9.65. The molecule has 0 spiro atoms. The van der Waals surface area contributed by atoms with Crippen molar-refractivity contribution in [3.8, 4) is 5.75 Å². The highest BCUT2D eigenvalue weighted by atomic mass is 16.5. The zero-order chi connectivity index (χ0) is 19.9. The van der Waals surface area contributed by atoms with Crippen LogP contribution in [0, 0.1) is 6.92 Å². The molecule has 0 saturated carbocycles. The summed E-state index contributed by atoms with van der Waals surface area (Å²) in [5.74, 6) is 0.339. The van der Waals surface area contributed by atoms with E-state index in [0.717, 1.165) is 50.3 Å². The van der Waals surface area contributed by atoms with Gasteiger partial charge in [-0.3, -0.25) is 9.59 Å². The van der Waals surface area contributed by atoms with Gasteiger partial charge >= 0.3 is 0 Å². The average molecular weight is 381 g/mol. The third kappa shape index (κ3) is 5.10. The number of carbonyl (C=O) groups is 2. The van der Waals surface area contributed by atoms with Gasteiger partial charge in [-0.25, -0.2) is 0 Å². The number of carbonyl (C=O) groups excluding carboxylic acids is 2. The molecule has 0 aromatic heterocycles. The molecule has 1 saturated heterocycles. The van der Waals surface area contributed by atoms with Crippen molar-refractivity contribution < 1.29 is 14.3 Å². The average Bonchev–Trinajstić information content (AvgIpc) is 2.74. The van der Waals surface area contributed by atoms with Crippen LogP contribution in [-0.4, -0.2) is 56.4 Å². The van der Waals surface area contributed by atoms with Crippen molar-refractivity contribution >= 4 is 23.6 Å². The minimum Gasteiger partial charge on any atom is -0.484 e. The molecule has 0 radical (unpaired) electrons. The Labute approximate surface area is 166 Å². The van der Waals surface area contributed by atoms with Gasteiger partial charge in [-0.2, -0.15) is 0 Å². The molecule has 6 nitrogen and oxygen atoms in total. The van der Waals surface area contributed by atoms with Crippen LogP contribution in [0.25, 0.3) is 0 Å². The monoisotopic (exact) mass is 381 g/mol. The predicted octanol–water partition coefficient (Wildman–Crippen LogP) is 2.97. The van der Waals surface area contributed by atoms with E-state index in [2.05, 4.69) is 34.2 Å². The Bertz CT molecular complexity index is 812. The van der Waals surface area contributed by atoms with Crippen molar-refractivity contribution in [1.29, 1.82) is 0 Å². The van der Waals surface area contributed by atoms with Crippen molar-refractivity contribution in [2.45, 2.75) is 13.8 Å². The minimum absolute atomic E-state index is 0.0827. The maximum Gasteiger partial charge on any atom is 0.262 e. The fourth-order valence-corrected chi connectivity index (χ4v) is 3.28. The lowest BCUT2D eigenvalue weighted by molar-refractivity contribution is -0.118. The molecule has 1 amide bonds. The summed E-state index contributed by atoms with van der Waals surface area (Å²) in [4.78, 5) is 27.7. The molecule has 2 aromatic rings. The van der Waals surface area contributed by atoms with Crippen LogP contribution >= 0.6 is 0 Å². The summed E-state index contributed by atoms with van der Waals surface area (Å²) in [6.45, 7) is 9.42. The largest absolute Gasteiger partial charge is 0.484 e. The Hall–Kier alpha value is -2.86. The van der Waals surface area contributed by atoms with E-state index in [-0.39, 0.29) is 12.5 Å². The van der Waals surface area contributed by atoms with E-state index in [1.807, 2.05) is 13.0 Å². The fourth-order valence-electron chi connectivity index (χ4n) is 3.28. The van der Waals surface area contributed by atoms with Crippen LogP contribution in [-0.2, 0) is 4.79 Å². The highest BCUT2D eigenvalue weighted by molar-refractivity contribution is 5.92. The zero-order valence-corrected chi connectivity index (χ0v) is 16.5. The zero-order valence-electron chi connectivity index (χ0n) is 16.5. The quantitative estimate of drug-likeness (QED) is 0.747. The number of benzene rings is 2. The van der Waals surface area contributed by atoms with Crippen LogP contribution in [0.15, 0.2) is 42.5 Å². The number of rotatable bonds is 7. The Kier molecular flexibility index (Phi) is 6.66. The molecular weight excluding hydrogens is 354 g/mol. The molecule has 1 aliphatic heterocycles. The molecule has 6 heteroatoms. The van der Waals surface area contributed by atoms with Crippen LogP contribution < -0.4 is 15.0 Å². The second-order valence-electron chi connectivity index (χ2n) is 6.94. The summed E-state index contributed by atoms with van der Waals surface area (Å²) >= 11 is 0. The van der Waals surface area contributed by atoms with E-state index in [9.17, 15) is 9.59 Å². The summed E-state index contributed by atoms with van der Waals surface area (Å²) in [5.41, 5.74) is 3.58. The van der Waals surface area contributed by atoms with Crippen molar-refractivity contribution in [2.24, 2.45) is 0 Å². The van der Waals surface area contributed by atoms with Crippen LogP contribution in [0.5, 0.6) is 5.75 Å². The smallest absolute Gasteiger partial charge is 0.262 e. The van der Waals surface area contributed by atoms with E-state index < -0.39 is 0 Å². The first-order valence-corrected chi connectivity index (χ1v) is 9.65. The molecule has 0 atom stereocenters. The fraction of sp³-hybridized carbons (Fsp3) is 0.364. The van der Waals surface area contributed by atoms with E-state index >= 15 is 0 Å². The van der Waals surface area contributed by atoms with Crippen LogP contribution in [0.4, 0.5) is 11.4 Å². The molecule has 1 aliphatic rings. The van der Waals surface area contributed by atoms with Gasteiger partial charge in [-0.15, -0.1) is 0 Å². The third-order valence-corrected chi connectivity index (χ3v) is 5.05. The van der Waals surface area contributed by atoms with E-state index in [0.29, 0.717) is 11.3 Å². The number of ether oxygens (including phenoxy) is 1. The SMILES string of the molecule is CCN1CCN(c2ccc(NC(=O)COc3ccc(C=O)cc3)c(C)c2)CC1. The van der Waals surface area contributed by atoms with Gasteiger partial charge in [-0.05, 0) is 61.5 Å². The van der Waals surface area contributed by atoms with E-state index in [1.165, 1.54) is 5.69 Å². The number of piperazine rings is 1. The summed E-state index contributed by atoms with van der Waals surface area (Å²) in [5, 5.41) is 2.90. The Morgan fingerprint density at radius 3 is 2.43 bits per heavy atom. The van der Waals surface area contributed by atoms with Crippen molar-refractivity contribution in [1.82, 2.24) is 4.90 Å². The van der Waals surface area contributed by atoms with Crippen molar-refractivity contribution in [3.05, 3.63) is 53.6 Å². The number of hydrogen-bond acceptors (Lipinski definition) is 5. The lowest BCUT2D eigenvalue weighted by atomic mass is 10.1. The van der Waals surface area contributed by atoms with Gasteiger partial charge in [0.25, 0.3) is 5.91 Å². The van der Waals surface area contributed by atoms with Crippen molar-refractivity contribution in [3.63, 3.8) is 0 Å². The van der Waals surface area contributed by atoms with Crippen LogP contribution in [0.1, 0.15) is 22.8 Å². The maximum absolute atomic E-state index is 12.2. The highest BCUT2D eigenvalue weighted by Crippen LogP contribution is 2.24. The topological polar surface area (TPSA) is 61.9 Å². The Morgan fingerprint density at radius 2 is 1.82 bits per heavy atom. The summed E-state index contributed by atoms with van der Waals surface area (Å²) < 4.78 is 5.48. The number of hydrogen-bond donors (Lipinski definition) is 1. The first-order chi connectivity index (χ1) is 13.6. The molecule has 2 aromatic carbocycles. The predicted molar refractivity (Wildman–Crippen MR) is 111 cm³/mol. The number of anilines is 2. The number of nitrogens with zero attached hydrogens (tertiary/aromatic N) is 2. The molecule has 1 N–H and O–H groups in total. The number of amides is 1. The second kappa shape index (κ2) is 9.37. The maximum atomic E-state index is 12.2. The molecular formula is C22H27N3O3. The highest BCUT2D eigenvalue weighted by Gasteiger charge is 2.16. The number of nitrogens with one attached hydrogen (secondary N) is 1. The second-order valence-corrected chi connectivity index (χ2v) is 6.94. The summed E-state index contributed by atoms with van der Waals surface area (Å²) in [6.07, 6.45) is 0.770. The number of likely N-dealkylation sites (N-methyl/N-ethyl adjacent to an activating group) is 1. The molecule has 28 heavy (non-hydrogen) atoms. The van der Waals surface area contributed by atoms with Gasteiger partial charge in [0.2, 0.25) is 0 Å². The van der Waals surface area contributed by atoms with Crippen LogP contribution in [0.3, 0.4) is 0 Å². The molecule has 1 heterocycles. The number of aryl methyl sites for hydroxylation is 1. The standard InChI is InChI=1S/C22H27N3O3/c1-3-24-10-12-25(13-11-24)19-6-9-21(17(2)14-19)23-22(27)16-28-20-7-4-18(15-26)5-8-20/h4-9,14-15H,3,10-13,16H2,1-2H3,(H,23,27). The van der Waals surface area contributed by atoms with Gasteiger partial charge in [0.05, 0.1) is 0 Å². The molecule has 0 aliphatic carbocycles. The van der Waals surface area contributed by atoms with Gasteiger partial charge in [-0.1, -0.05) is 6.92 Å². The molecule has 3 rings (SSSR count). The summed E-state index contributed by atoms with van der Waals surface area (Å²) in [6, 6.07) is 12.8. The molecule has 0 bridgehead atoms. The van der Waals surface area contributed by atoms with Gasteiger partial charge < -0.3 is 19.9 Å². The lowest BCUT2D eigenvalue weighted by Crippen LogP contribution is -2.46. The minimum atomic E-state index is -0.216. The van der Waals surface area contributed by atoms with E-state index in [4.69, 9.17) is 4.74 Å². The Balaban J connectivity index is 1.53. The molecule has 148 valence electrons. The van der Waals surface area contributed by atoms with Gasteiger partial charge in [0.1, 0.15) is 12.0 Å². The third-order valence-electron chi connectivity index (χ3n) is 5.05. The van der Waals surface area contributed by atoms with Crippen LogP contribution in [0.2, 0.25) is 0 Å². The molecule has 0 unspecified atom stereocenters. The number of aldehydes is 1. The van der Waals surface area contributed by atoms with E-state index in [1.54, 1.807) is 24.3 Å². The summed E-state index contributed by atoms with van der Waals surface area (Å²) in [7, 11) is 0. The van der Waals surface area contributed by atoms with Crippen molar-refractivity contribution in [2.75, 3.05) is 49.5 Å².